The predicted octanol–water partition coefficient (Wildman–Crippen LogP) is 19.9. The molecule has 0 aromatic heterocycles. The van der Waals surface area contributed by atoms with Gasteiger partial charge < -0.3 is 33.3 Å². The maximum atomic E-state index is 12.9. The molecule has 0 spiro atoms. The standard InChI is InChI=1S/C71H133NO8/c1-6-8-10-12-14-16-18-20-22-24-26-28-30-32-33-34-35-36-38-39-41-43-45-47-49-51-53-55-57-59-61-68(73)78-65-67(66-79-71(70(75)76)77-64-63-72(3,4)5)80-69(74)62-60-58-56-54-52-50-48-46-44-42-40-37-31-29-27-25-23-21-19-17-15-13-11-9-7-2/h19,21,25,27,31,37,67,71H,6-18,20,22-24,26,28-30,32-36,38-66H2,1-5H3/b21-19-,27-25-,37-31-. The second-order valence-electron chi connectivity index (χ2n) is 24.8. The van der Waals surface area contributed by atoms with Gasteiger partial charge in [-0.2, -0.15) is 0 Å². The Morgan fingerprint density at radius 1 is 0.375 bits per heavy atom. The van der Waals surface area contributed by atoms with Crippen LogP contribution >= 0.6 is 0 Å². The number of rotatable bonds is 65. The SMILES string of the molecule is CCCCCCC/C=C\C/C=C\C/C=C\CCCCCCCCCCCCC(=O)OC(COC(=O)CCCCCCCCCCCCCCCCCCCCCCCCCCCCCCCC)COC(OCC[N+](C)(C)C)C(=O)[O-]. The Labute approximate surface area is 496 Å². The molecule has 0 saturated heterocycles. The Hall–Kier alpha value is -2.49. The lowest BCUT2D eigenvalue weighted by molar-refractivity contribution is -0.870. The van der Waals surface area contributed by atoms with Crippen molar-refractivity contribution in [2.24, 2.45) is 0 Å². The molecule has 0 radical (unpaired) electrons. The van der Waals surface area contributed by atoms with Crippen molar-refractivity contribution < 1.29 is 42.9 Å². The van der Waals surface area contributed by atoms with Crippen LogP contribution in [0.5, 0.6) is 0 Å². The maximum Gasteiger partial charge on any atom is 0.306 e. The van der Waals surface area contributed by atoms with Gasteiger partial charge in [0.2, 0.25) is 0 Å². The van der Waals surface area contributed by atoms with Crippen LogP contribution in [0.15, 0.2) is 36.5 Å². The molecule has 0 bridgehead atoms. The molecule has 0 aromatic carbocycles. The molecule has 0 aliphatic rings. The molecule has 0 amide bonds. The Balaban J connectivity index is 4.09. The summed E-state index contributed by atoms with van der Waals surface area (Å²) < 4.78 is 22.8. The molecular formula is C71H133NO8. The molecule has 0 fully saturated rings. The van der Waals surface area contributed by atoms with Crippen molar-refractivity contribution in [2.75, 3.05) is 47.5 Å². The minimum absolute atomic E-state index is 0.148. The van der Waals surface area contributed by atoms with Gasteiger partial charge in [-0.05, 0) is 51.4 Å². The molecule has 0 N–H and O–H groups in total. The van der Waals surface area contributed by atoms with Gasteiger partial charge in [-0.15, -0.1) is 0 Å². The minimum atomic E-state index is -1.62. The number of hydrogen-bond donors (Lipinski definition) is 0. The summed E-state index contributed by atoms with van der Waals surface area (Å²) in [5.41, 5.74) is 0. The Morgan fingerprint density at radius 3 is 1.00 bits per heavy atom. The van der Waals surface area contributed by atoms with E-state index in [-0.39, 0.29) is 32.2 Å². The molecule has 0 saturated carbocycles. The van der Waals surface area contributed by atoms with Crippen LogP contribution in [0.3, 0.4) is 0 Å². The number of hydrogen-bond acceptors (Lipinski definition) is 8. The second-order valence-corrected chi connectivity index (χ2v) is 24.8. The highest BCUT2D eigenvalue weighted by Gasteiger charge is 2.22. The van der Waals surface area contributed by atoms with Gasteiger partial charge in [0.1, 0.15) is 13.2 Å². The number of carboxylic acids is 1. The van der Waals surface area contributed by atoms with Gasteiger partial charge in [0.15, 0.2) is 12.4 Å². The summed E-state index contributed by atoms with van der Waals surface area (Å²) in [6.07, 6.45) is 75.1. The number of carboxylic acid groups (broad SMARTS) is 1. The van der Waals surface area contributed by atoms with E-state index in [0.29, 0.717) is 23.9 Å². The van der Waals surface area contributed by atoms with Crippen molar-refractivity contribution in [1.29, 1.82) is 0 Å². The number of nitrogens with zero attached hydrogens (tertiary/aromatic N) is 1. The van der Waals surface area contributed by atoms with Crippen molar-refractivity contribution in [1.82, 2.24) is 0 Å². The lowest BCUT2D eigenvalue weighted by atomic mass is 10.0. The molecule has 470 valence electrons. The van der Waals surface area contributed by atoms with E-state index in [1.54, 1.807) is 0 Å². The van der Waals surface area contributed by atoms with Crippen LogP contribution in [0.4, 0.5) is 0 Å². The molecule has 0 aliphatic carbocycles. The number of ether oxygens (including phenoxy) is 4. The Morgan fingerprint density at radius 2 is 0.675 bits per heavy atom. The van der Waals surface area contributed by atoms with Gasteiger partial charge in [0.05, 0.1) is 40.3 Å². The van der Waals surface area contributed by atoms with E-state index in [1.807, 2.05) is 21.1 Å². The van der Waals surface area contributed by atoms with E-state index < -0.39 is 24.3 Å². The zero-order chi connectivity index (χ0) is 58.3. The number of carbonyl (C=O) groups is 3. The van der Waals surface area contributed by atoms with Gasteiger partial charge >= 0.3 is 11.9 Å². The van der Waals surface area contributed by atoms with Crippen LogP contribution < -0.4 is 5.11 Å². The number of quaternary nitrogens is 1. The van der Waals surface area contributed by atoms with E-state index in [4.69, 9.17) is 18.9 Å². The van der Waals surface area contributed by atoms with Gasteiger partial charge in [0.25, 0.3) is 0 Å². The number of unbranched alkanes of at least 4 members (excludes halogenated alkanes) is 44. The van der Waals surface area contributed by atoms with Crippen molar-refractivity contribution in [3.05, 3.63) is 36.5 Å². The summed E-state index contributed by atoms with van der Waals surface area (Å²) in [5, 5.41) is 11.8. The van der Waals surface area contributed by atoms with Crippen LogP contribution in [-0.4, -0.2) is 82.3 Å². The molecule has 0 heterocycles. The van der Waals surface area contributed by atoms with Gasteiger partial charge in [0, 0.05) is 12.8 Å². The van der Waals surface area contributed by atoms with E-state index in [1.165, 1.54) is 257 Å². The fourth-order valence-corrected chi connectivity index (χ4v) is 10.3. The highest BCUT2D eigenvalue weighted by molar-refractivity contribution is 5.70. The van der Waals surface area contributed by atoms with E-state index in [0.717, 1.165) is 51.4 Å². The fourth-order valence-electron chi connectivity index (χ4n) is 10.3. The zero-order valence-electron chi connectivity index (χ0n) is 53.7. The van der Waals surface area contributed by atoms with Crippen LogP contribution in [-0.2, 0) is 33.3 Å². The maximum absolute atomic E-state index is 12.9. The number of allylic oxidation sites excluding steroid dienone is 6. The second kappa shape index (κ2) is 62.6. The summed E-state index contributed by atoms with van der Waals surface area (Å²) in [4.78, 5) is 37.5. The average molecular weight is 1130 g/mol. The van der Waals surface area contributed by atoms with Crippen molar-refractivity contribution in [2.45, 2.75) is 354 Å². The van der Waals surface area contributed by atoms with Crippen LogP contribution in [0.1, 0.15) is 341 Å². The summed E-state index contributed by atoms with van der Waals surface area (Å²) >= 11 is 0. The fraction of sp³-hybridized carbons (Fsp3) is 0.873. The highest BCUT2D eigenvalue weighted by Crippen LogP contribution is 2.18. The minimum Gasteiger partial charge on any atom is -0.545 e. The first-order chi connectivity index (χ1) is 39.1. The number of esters is 2. The molecule has 9 heteroatoms. The first-order valence-electron chi connectivity index (χ1n) is 34.6. The lowest BCUT2D eigenvalue weighted by Gasteiger charge is -2.26. The van der Waals surface area contributed by atoms with Gasteiger partial charge in [-0.25, -0.2) is 0 Å². The summed E-state index contributed by atoms with van der Waals surface area (Å²) in [6.45, 7) is 4.79. The molecular weight excluding hydrogens is 995 g/mol. The van der Waals surface area contributed by atoms with Crippen LogP contribution in [0.25, 0.3) is 0 Å². The zero-order valence-corrected chi connectivity index (χ0v) is 53.7. The Kier molecular flexibility index (Phi) is 60.6. The molecule has 0 aliphatic heterocycles. The van der Waals surface area contributed by atoms with Crippen molar-refractivity contribution in [3.8, 4) is 0 Å². The summed E-state index contributed by atoms with van der Waals surface area (Å²) in [7, 11) is 5.94. The van der Waals surface area contributed by atoms with Gasteiger partial charge in [-0.3, -0.25) is 9.59 Å². The van der Waals surface area contributed by atoms with E-state index in [2.05, 4.69) is 50.3 Å². The average Bonchev–Trinajstić information content (AvgIpc) is 3.43. The topological polar surface area (TPSA) is 111 Å². The predicted molar refractivity (Wildman–Crippen MR) is 339 cm³/mol. The third-order valence-corrected chi connectivity index (χ3v) is 15.6. The molecule has 9 nitrogen and oxygen atoms in total. The number of likely N-dealkylation sites (N-methyl/N-ethyl adjacent to an activating group) is 1. The summed E-state index contributed by atoms with van der Waals surface area (Å²) in [6, 6.07) is 0. The van der Waals surface area contributed by atoms with Crippen LogP contribution in [0.2, 0.25) is 0 Å². The molecule has 2 unspecified atom stereocenters. The quantitative estimate of drug-likeness (QED) is 0.0195. The lowest BCUT2D eigenvalue weighted by Crippen LogP contribution is -2.44. The number of carbonyl (C=O) groups excluding carboxylic acids is 3. The van der Waals surface area contributed by atoms with Crippen LogP contribution in [0, 0.1) is 0 Å². The van der Waals surface area contributed by atoms with Gasteiger partial charge in [-0.1, -0.05) is 314 Å². The number of aliphatic carboxylic acids is 1. The smallest absolute Gasteiger partial charge is 0.306 e. The normalized spacial score (nSPS) is 12.9. The van der Waals surface area contributed by atoms with Crippen molar-refractivity contribution >= 4 is 17.9 Å². The summed E-state index contributed by atoms with van der Waals surface area (Å²) in [5.74, 6) is -2.26. The highest BCUT2D eigenvalue weighted by atomic mass is 16.7. The first kappa shape index (κ1) is 77.5. The first-order valence-corrected chi connectivity index (χ1v) is 34.6. The molecule has 0 aromatic rings. The molecule has 80 heavy (non-hydrogen) atoms. The van der Waals surface area contributed by atoms with Crippen molar-refractivity contribution in [3.63, 3.8) is 0 Å². The van der Waals surface area contributed by atoms with E-state index in [9.17, 15) is 19.5 Å². The molecule has 0 rings (SSSR count). The molecule has 2 atom stereocenters. The largest absolute Gasteiger partial charge is 0.545 e. The van der Waals surface area contributed by atoms with E-state index >= 15 is 0 Å². The Bertz CT molecular complexity index is 1410. The monoisotopic (exact) mass is 1130 g/mol. The third kappa shape index (κ3) is 63.1. The third-order valence-electron chi connectivity index (χ3n) is 15.6.